The van der Waals surface area contributed by atoms with Crippen LogP contribution in [0.15, 0.2) is 24.3 Å². The van der Waals surface area contributed by atoms with E-state index in [4.69, 9.17) is 4.74 Å². The van der Waals surface area contributed by atoms with Crippen LogP contribution in [0.2, 0.25) is 0 Å². The number of carbonyl (C=O) groups is 2. The van der Waals surface area contributed by atoms with Gasteiger partial charge in [-0.3, -0.25) is 9.69 Å². The largest absolute Gasteiger partial charge is 0.493 e. The van der Waals surface area contributed by atoms with Crippen molar-refractivity contribution < 1.29 is 14.3 Å². The van der Waals surface area contributed by atoms with E-state index in [1.165, 1.54) is 4.90 Å². The molecular formula is C16H20N2O3S. The van der Waals surface area contributed by atoms with E-state index in [1.54, 1.807) is 11.8 Å². The number of para-hydroxylation sites is 1. The summed E-state index contributed by atoms with van der Waals surface area (Å²) in [6, 6.07) is 7.56. The van der Waals surface area contributed by atoms with Crippen LogP contribution in [-0.4, -0.2) is 47.0 Å². The monoisotopic (exact) mass is 320 g/mol. The molecule has 5 nitrogen and oxygen atoms in total. The van der Waals surface area contributed by atoms with Crippen LogP contribution in [-0.2, 0) is 4.79 Å². The molecule has 22 heavy (non-hydrogen) atoms. The number of thioether (sulfide) groups is 1. The molecule has 0 aliphatic carbocycles. The molecule has 2 aliphatic rings. The fourth-order valence-corrected chi connectivity index (χ4v) is 4.16. The van der Waals surface area contributed by atoms with Gasteiger partial charge >= 0.3 is 6.03 Å². The zero-order chi connectivity index (χ0) is 15.6. The second-order valence-electron chi connectivity index (χ2n) is 5.74. The number of ether oxygens (including phenoxy) is 1. The lowest BCUT2D eigenvalue weighted by Crippen LogP contribution is -2.47. The maximum absolute atomic E-state index is 12.4. The number of imide groups is 1. The number of nitrogens with zero attached hydrogens (tertiary/aromatic N) is 1. The number of rotatable bonds is 5. The molecular weight excluding hydrogens is 300 g/mol. The highest BCUT2D eigenvalue weighted by molar-refractivity contribution is 7.99. The average Bonchev–Trinajstić information content (AvgIpc) is 3.05. The Bertz CT molecular complexity index is 585. The van der Waals surface area contributed by atoms with Gasteiger partial charge in [0.05, 0.1) is 6.61 Å². The highest BCUT2D eigenvalue weighted by Crippen LogP contribution is 2.33. The molecule has 3 rings (SSSR count). The van der Waals surface area contributed by atoms with E-state index in [9.17, 15) is 9.59 Å². The van der Waals surface area contributed by atoms with Gasteiger partial charge < -0.3 is 10.1 Å². The van der Waals surface area contributed by atoms with Crippen LogP contribution in [0.5, 0.6) is 5.75 Å². The minimum Gasteiger partial charge on any atom is -0.493 e. The average molecular weight is 320 g/mol. The van der Waals surface area contributed by atoms with Crippen LogP contribution in [0, 0.1) is 6.92 Å². The molecule has 2 aliphatic heterocycles. The van der Waals surface area contributed by atoms with Crippen molar-refractivity contribution in [2.75, 3.05) is 24.7 Å². The van der Waals surface area contributed by atoms with Gasteiger partial charge in [0.1, 0.15) is 11.3 Å². The Balaban J connectivity index is 1.51. The van der Waals surface area contributed by atoms with Crippen LogP contribution in [0.1, 0.15) is 18.4 Å². The summed E-state index contributed by atoms with van der Waals surface area (Å²) in [7, 11) is 0. The predicted molar refractivity (Wildman–Crippen MR) is 86.2 cm³/mol. The van der Waals surface area contributed by atoms with E-state index < -0.39 is 5.54 Å². The fraction of sp³-hybridized carbons (Fsp3) is 0.500. The number of aryl methyl sites for hydroxylation is 1. The van der Waals surface area contributed by atoms with Gasteiger partial charge in [-0.05, 0) is 37.1 Å². The Morgan fingerprint density at radius 3 is 2.91 bits per heavy atom. The number of urea groups is 1. The molecule has 0 radical (unpaired) electrons. The van der Waals surface area contributed by atoms with E-state index in [-0.39, 0.29) is 11.9 Å². The van der Waals surface area contributed by atoms with Crippen molar-refractivity contribution in [2.24, 2.45) is 0 Å². The van der Waals surface area contributed by atoms with Crippen LogP contribution in [0.3, 0.4) is 0 Å². The first-order valence-electron chi connectivity index (χ1n) is 7.53. The highest BCUT2D eigenvalue weighted by Gasteiger charge is 2.52. The molecule has 1 unspecified atom stereocenters. The first-order chi connectivity index (χ1) is 10.6. The van der Waals surface area contributed by atoms with Crippen LogP contribution >= 0.6 is 11.8 Å². The van der Waals surface area contributed by atoms with Crippen molar-refractivity contribution in [1.82, 2.24) is 10.2 Å². The van der Waals surface area contributed by atoms with Gasteiger partial charge in [0, 0.05) is 12.3 Å². The Morgan fingerprint density at radius 2 is 2.18 bits per heavy atom. The Morgan fingerprint density at radius 1 is 1.36 bits per heavy atom. The molecule has 2 saturated heterocycles. The van der Waals surface area contributed by atoms with Crippen LogP contribution < -0.4 is 10.1 Å². The number of amides is 3. The minimum atomic E-state index is -0.640. The van der Waals surface area contributed by atoms with Gasteiger partial charge in [-0.15, -0.1) is 0 Å². The molecule has 3 amide bonds. The number of hydrogen-bond acceptors (Lipinski definition) is 4. The van der Waals surface area contributed by atoms with Gasteiger partial charge in [-0.1, -0.05) is 18.2 Å². The molecule has 118 valence electrons. The lowest BCUT2D eigenvalue weighted by atomic mass is 9.99. The van der Waals surface area contributed by atoms with Crippen molar-refractivity contribution in [3.63, 3.8) is 0 Å². The number of nitrogens with one attached hydrogen (secondary N) is 1. The molecule has 1 aromatic rings. The standard InChI is InChI=1S/C16H20N2O3S/c1-12-5-2-3-6-13(12)21-9-4-8-18-14(19)16(17-15(18)20)7-10-22-11-16/h2-3,5-6H,4,7-11H2,1H3,(H,17,20). The summed E-state index contributed by atoms with van der Waals surface area (Å²) in [5.41, 5.74) is 0.443. The molecule has 0 saturated carbocycles. The second kappa shape index (κ2) is 6.20. The minimum absolute atomic E-state index is 0.0709. The molecule has 0 aromatic heterocycles. The Kier molecular flexibility index (Phi) is 4.29. The maximum atomic E-state index is 12.4. The lowest BCUT2D eigenvalue weighted by Gasteiger charge is -2.19. The summed E-state index contributed by atoms with van der Waals surface area (Å²) in [5.74, 6) is 2.39. The van der Waals surface area contributed by atoms with E-state index in [0.29, 0.717) is 25.3 Å². The first kappa shape index (κ1) is 15.2. The van der Waals surface area contributed by atoms with Gasteiger partial charge in [0.25, 0.3) is 5.91 Å². The molecule has 2 heterocycles. The van der Waals surface area contributed by atoms with Crippen LogP contribution in [0.4, 0.5) is 4.79 Å². The van der Waals surface area contributed by atoms with Gasteiger partial charge in [-0.25, -0.2) is 4.79 Å². The Hall–Kier alpha value is -1.69. The number of carbonyl (C=O) groups excluding carboxylic acids is 2. The second-order valence-corrected chi connectivity index (χ2v) is 6.84. The van der Waals surface area contributed by atoms with E-state index in [0.717, 1.165) is 23.5 Å². The van der Waals surface area contributed by atoms with Crippen molar-refractivity contribution in [2.45, 2.75) is 25.3 Å². The number of hydrogen-bond donors (Lipinski definition) is 1. The topological polar surface area (TPSA) is 58.6 Å². The third kappa shape index (κ3) is 2.79. The summed E-state index contributed by atoms with van der Waals surface area (Å²) >= 11 is 1.72. The maximum Gasteiger partial charge on any atom is 0.325 e. The fourth-order valence-electron chi connectivity index (χ4n) is 2.83. The quantitative estimate of drug-likeness (QED) is 0.667. The van der Waals surface area contributed by atoms with E-state index >= 15 is 0 Å². The van der Waals surface area contributed by atoms with Gasteiger partial charge in [-0.2, -0.15) is 11.8 Å². The molecule has 0 bridgehead atoms. The van der Waals surface area contributed by atoms with Gasteiger partial charge in [0.2, 0.25) is 0 Å². The van der Waals surface area contributed by atoms with E-state index in [2.05, 4.69) is 5.32 Å². The van der Waals surface area contributed by atoms with Crippen molar-refractivity contribution in [3.8, 4) is 5.75 Å². The SMILES string of the molecule is Cc1ccccc1OCCCN1C(=O)NC2(CCSC2)C1=O. The zero-order valence-corrected chi connectivity index (χ0v) is 13.4. The Labute approximate surface area is 134 Å². The van der Waals surface area contributed by atoms with Crippen LogP contribution in [0.25, 0.3) is 0 Å². The van der Waals surface area contributed by atoms with E-state index in [1.807, 2.05) is 31.2 Å². The molecule has 6 heteroatoms. The highest BCUT2D eigenvalue weighted by atomic mass is 32.2. The molecule has 2 fully saturated rings. The third-order valence-corrected chi connectivity index (χ3v) is 5.33. The van der Waals surface area contributed by atoms with Gasteiger partial charge in [0.15, 0.2) is 0 Å². The smallest absolute Gasteiger partial charge is 0.325 e. The lowest BCUT2D eigenvalue weighted by molar-refractivity contribution is -0.130. The van der Waals surface area contributed by atoms with Crippen molar-refractivity contribution in [3.05, 3.63) is 29.8 Å². The van der Waals surface area contributed by atoms with Crippen molar-refractivity contribution >= 4 is 23.7 Å². The summed E-state index contributed by atoms with van der Waals surface area (Å²) in [6.45, 7) is 2.89. The predicted octanol–water partition coefficient (Wildman–Crippen LogP) is 2.19. The molecule has 1 atom stereocenters. The molecule has 1 spiro atoms. The third-order valence-electron chi connectivity index (χ3n) is 4.14. The number of benzene rings is 1. The normalized spacial score (nSPS) is 24.1. The zero-order valence-electron chi connectivity index (χ0n) is 12.6. The van der Waals surface area contributed by atoms with Crippen molar-refractivity contribution in [1.29, 1.82) is 0 Å². The summed E-state index contributed by atoms with van der Waals surface area (Å²) in [4.78, 5) is 25.8. The molecule has 1 N–H and O–H groups in total. The first-order valence-corrected chi connectivity index (χ1v) is 8.68. The summed E-state index contributed by atoms with van der Waals surface area (Å²) < 4.78 is 5.71. The summed E-state index contributed by atoms with van der Waals surface area (Å²) in [6.07, 6.45) is 1.37. The summed E-state index contributed by atoms with van der Waals surface area (Å²) in [5, 5.41) is 2.87. The molecule has 1 aromatic carbocycles.